The first-order chi connectivity index (χ1) is 16.7. The Kier molecular flexibility index (Phi) is 6.23. The van der Waals surface area contributed by atoms with Crippen molar-refractivity contribution in [2.75, 3.05) is 45.3 Å². The quantitative estimate of drug-likeness (QED) is 0.506. The highest BCUT2D eigenvalue weighted by Crippen LogP contribution is 2.49. The minimum Gasteiger partial charge on any atom is -0.378 e. The third kappa shape index (κ3) is 4.62. The van der Waals surface area contributed by atoms with E-state index in [0.717, 1.165) is 51.8 Å². The number of carbonyl (C=O) groups is 2. The van der Waals surface area contributed by atoms with Crippen LogP contribution >= 0.6 is 11.3 Å². The van der Waals surface area contributed by atoms with Crippen LogP contribution in [-0.4, -0.2) is 62.0 Å². The van der Waals surface area contributed by atoms with Crippen LogP contribution in [-0.2, 0) is 11.2 Å². The molecule has 2 aromatic heterocycles. The summed E-state index contributed by atoms with van der Waals surface area (Å²) in [5.41, 5.74) is 5.80. The third-order valence-corrected chi connectivity index (χ3v) is 8.05. The maximum absolute atomic E-state index is 13.1. The topological polar surface area (TPSA) is 62.7 Å². The van der Waals surface area contributed by atoms with E-state index in [2.05, 4.69) is 29.8 Å². The van der Waals surface area contributed by atoms with E-state index < -0.39 is 0 Å². The number of thiophene rings is 1. The molecule has 1 aromatic carbocycles. The van der Waals surface area contributed by atoms with Gasteiger partial charge in [0.25, 0.3) is 5.91 Å². The Morgan fingerprint density at radius 1 is 1.06 bits per heavy atom. The van der Waals surface area contributed by atoms with Crippen molar-refractivity contribution < 1.29 is 14.3 Å². The standard InChI is InChI=1S/C28H31N3O3S/c1-28(2)16-21-24(27(31-11-13-34-14-12-31)35-25(21)23(32)17-28)20-9-10-29-22(15-20)18-5-7-19(8-6-18)26(33)30(3)4/h5-10,15H,11-14,16-17H2,1-4H3. The Labute approximate surface area is 210 Å². The second-order valence-corrected chi connectivity index (χ2v) is 11.3. The molecule has 0 N–H and O–H groups in total. The van der Waals surface area contributed by atoms with Gasteiger partial charge >= 0.3 is 0 Å². The average molecular weight is 490 g/mol. The summed E-state index contributed by atoms with van der Waals surface area (Å²) in [4.78, 5) is 34.9. The van der Waals surface area contributed by atoms with Crippen LogP contribution < -0.4 is 4.90 Å². The zero-order chi connectivity index (χ0) is 24.7. The number of carbonyl (C=O) groups excluding carboxylic acids is 2. The summed E-state index contributed by atoms with van der Waals surface area (Å²) in [5, 5.41) is 1.16. The van der Waals surface area contributed by atoms with Crippen LogP contribution in [0.15, 0.2) is 42.6 Å². The lowest BCUT2D eigenvalue weighted by Crippen LogP contribution is -2.36. The molecule has 5 rings (SSSR count). The van der Waals surface area contributed by atoms with Crippen LogP contribution in [0, 0.1) is 5.41 Å². The van der Waals surface area contributed by atoms with Crippen molar-refractivity contribution in [2.24, 2.45) is 5.41 Å². The molecule has 3 aromatic rings. The number of ketones is 1. The van der Waals surface area contributed by atoms with Gasteiger partial charge in [0.15, 0.2) is 5.78 Å². The molecular weight excluding hydrogens is 458 g/mol. The van der Waals surface area contributed by atoms with Crippen molar-refractivity contribution in [3.63, 3.8) is 0 Å². The van der Waals surface area contributed by atoms with E-state index in [1.165, 1.54) is 5.56 Å². The molecule has 0 atom stereocenters. The lowest BCUT2D eigenvalue weighted by atomic mass is 9.75. The minimum absolute atomic E-state index is 0.0226. The van der Waals surface area contributed by atoms with Crippen molar-refractivity contribution in [3.8, 4) is 22.4 Å². The highest BCUT2D eigenvalue weighted by molar-refractivity contribution is 7.19. The maximum Gasteiger partial charge on any atom is 0.253 e. The van der Waals surface area contributed by atoms with Gasteiger partial charge in [-0.1, -0.05) is 26.0 Å². The molecule has 1 amide bonds. The molecule has 3 heterocycles. The highest BCUT2D eigenvalue weighted by atomic mass is 32.1. The molecule has 1 aliphatic carbocycles. The van der Waals surface area contributed by atoms with E-state index in [9.17, 15) is 9.59 Å². The molecule has 0 radical (unpaired) electrons. The third-order valence-electron chi connectivity index (χ3n) is 6.72. The molecule has 2 aliphatic rings. The first-order valence-corrected chi connectivity index (χ1v) is 12.9. The number of fused-ring (bicyclic) bond motifs is 1. The monoisotopic (exact) mass is 489 g/mol. The zero-order valence-electron chi connectivity index (χ0n) is 20.8. The number of ether oxygens (including phenoxy) is 1. The molecule has 6 nitrogen and oxygen atoms in total. The molecule has 0 bridgehead atoms. The van der Waals surface area contributed by atoms with Gasteiger partial charge in [0.1, 0.15) is 0 Å². The fraction of sp³-hybridized carbons (Fsp3) is 0.393. The summed E-state index contributed by atoms with van der Waals surface area (Å²) < 4.78 is 5.60. The number of pyridine rings is 1. The average Bonchev–Trinajstić information content (AvgIpc) is 3.23. The summed E-state index contributed by atoms with van der Waals surface area (Å²) in [5.74, 6) is 0.225. The van der Waals surface area contributed by atoms with Crippen LogP contribution in [0.1, 0.15) is 45.9 Å². The Morgan fingerprint density at radius 3 is 2.46 bits per heavy atom. The molecule has 35 heavy (non-hydrogen) atoms. The predicted octanol–water partition coefficient (Wildman–Crippen LogP) is 5.17. The molecule has 0 saturated carbocycles. The number of nitrogens with zero attached hydrogens (tertiary/aromatic N) is 3. The smallest absolute Gasteiger partial charge is 0.253 e. The number of Topliss-reactive ketones (excluding diaryl/α,β-unsaturated/α-hetero) is 1. The van der Waals surface area contributed by atoms with Crippen molar-refractivity contribution in [3.05, 3.63) is 58.6 Å². The van der Waals surface area contributed by atoms with Gasteiger partial charge in [0, 0.05) is 56.5 Å². The van der Waals surface area contributed by atoms with Gasteiger partial charge in [-0.25, -0.2) is 0 Å². The Bertz CT molecular complexity index is 1270. The van der Waals surface area contributed by atoms with Crippen LogP contribution in [0.3, 0.4) is 0 Å². The van der Waals surface area contributed by atoms with E-state index in [-0.39, 0.29) is 17.1 Å². The molecule has 1 aliphatic heterocycles. The van der Waals surface area contributed by atoms with Crippen molar-refractivity contribution >= 4 is 28.0 Å². The number of hydrogen-bond acceptors (Lipinski definition) is 6. The summed E-state index contributed by atoms with van der Waals surface area (Å²) in [6.07, 6.45) is 3.30. The first kappa shape index (κ1) is 23.7. The first-order valence-electron chi connectivity index (χ1n) is 12.0. The van der Waals surface area contributed by atoms with Gasteiger partial charge in [-0.3, -0.25) is 14.6 Å². The molecular formula is C28H31N3O3S. The van der Waals surface area contributed by atoms with Gasteiger partial charge in [0.2, 0.25) is 0 Å². The Morgan fingerprint density at radius 2 is 1.77 bits per heavy atom. The van der Waals surface area contributed by atoms with Gasteiger partial charge in [-0.05, 0) is 47.2 Å². The lowest BCUT2D eigenvalue weighted by Gasteiger charge is -2.30. The van der Waals surface area contributed by atoms with Gasteiger partial charge < -0.3 is 14.5 Å². The van der Waals surface area contributed by atoms with E-state index >= 15 is 0 Å². The number of hydrogen-bond donors (Lipinski definition) is 0. The van der Waals surface area contributed by atoms with Gasteiger partial charge in [0.05, 0.1) is 28.8 Å². The second-order valence-electron chi connectivity index (χ2n) is 10.3. The van der Waals surface area contributed by atoms with Crippen LogP contribution in [0.2, 0.25) is 0 Å². The van der Waals surface area contributed by atoms with E-state index in [1.807, 2.05) is 36.5 Å². The fourth-order valence-corrected chi connectivity index (χ4v) is 6.31. The molecule has 1 fully saturated rings. The van der Waals surface area contributed by atoms with E-state index in [1.54, 1.807) is 30.3 Å². The largest absolute Gasteiger partial charge is 0.378 e. The number of amides is 1. The Hall–Kier alpha value is -3.03. The summed E-state index contributed by atoms with van der Waals surface area (Å²) in [6.45, 7) is 7.39. The SMILES string of the molecule is CN(C)C(=O)c1ccc(-c2cc(-c3c(N4CCOCC4)sc4c3CC(C)(C)CC4=O)ccn2)cc1. The second kappa shape index (κ2) is 9.21. The summed E-state index contributed by atoms with van der Waals surface area (Å²) in [7, 11) is 3.50. The highest BCUT2D eigenvalue weighted by Gasteiger charge is 2.37. The maximum atomic E-state index is 13.1. The Balaban J connectivity index is 1.59. The molecule has 7 heteroatoms. The van der Waals surface area contributed by atoms with Crippen LogP contribution in [0.4, 0.5) is 5.00 Å². The van der Waals surface area contributed by atoms with Crippen molar-refractivity contribution in [2.45, 2.75) is 26.7 Å². The zero-order valence-corrected chi connectivity index (χ0v) is 21.6. The van der Waals surface area contributed by atoms with Crippen LogP contribution in [0.25, 0.3) is 22.4 Å². The summed E-state index contributed by atoms with van der Waals surface area (Å²) in [6, 6.07) is 11.7. The molecule has 0 spiro atoms. The summed E-state index contributed by atoms with van der Waals surface area (Å²) >= 11 is 1.64. The van der Waals surface area contributed by atoms with Crippen molar-refractivity contribution in [1.82, 2.24) is 9.88 Å². The van der Waals surface area contributed by atoms with E-state index in [4.69, 9.17) is 4.74 Å². The molecule has 1 saturated heterocycles. The van der Waals surface area contributed by atoms with Gasteiger partial charge in [-0.15, -0.1) is 11.3 Å². The van der Waals surface area contributed by atoms with E-state index in [0.29, 0.717) is 25.2 Å². The number of aromatic nitrogens is 1. The predicted molar refractivity (Wildman–Crippen MR) is 140 cm³/mol. The fourth-order valence-electron chi connectivity index (χ4n) is 4.97. The normalized spacial score (nSPS) is 17.3. The number of morpholine rings is 1. The van der Waals surface area contributed by atoms with Crippen molar-refractivity contribution in [1.29, 1.82) is 0 Å². The number of benzene rings is 1. The number of rotatable bonds is 4. The lowest BCUT2D eigenvalue weighted by molar-refractivity contribution is 0.0827. The van der Waals surface area contributed by atoms with Crippen LogP contribution in [0.5, 0.6) is 0 Å². The van der Waals surface area contributed by atoms with Gasteiger partial charge in [-0.2, -0.15) is 0 Å². The number of anilines is 1. The molecule has 0 unspecified atom stereocenters. The minimum atomic E-state index is -0.0626. The molecule has 182 valence electrons.